The van der Waals surface area contributed by atoms with Crippen LogP contribution in [0.25, 0.3) is 0 Å². The number of hydrogen-bond acceptors (Lipinski definition) is 5. The number of H-pyrrole nitrogens is 1. The minimum absolute atomic E-state index is 0.0481. The number of carbonyl (C=O) groups excluding carboxylic acids is 1. The fourth-order valence-corrected chi connectivity index (χ4v) is 2.82. The summed E-state index contributed by atoms with van der Waals surface area (Å²) in [7, 11) is 0. The van der Waals surface area contributed by atoms with Gasteiger partial charge in [-0.15, -0.1) is 0 Å². The highest BCUT2D eigenvalue weighted by molar-refractivity contribution is 6.30. The smallest absolute Gasteiger partial charge is 0.266 e. The number of hydrogen-bond donors (Lipinski definition) is 1. The largest absolute Gasteiger partial charge is 0.470 e. The van der Waals surface area contributed by atoms with E-state index in [9.17, 15) is 14.0 Å². The molecular weight excluding hydrogens is 351 g/mol. The number of aromatic nitrogens is 3. The number of amides is 1. The molecule has 1 N–H and O–H groups in total. The number of ether oxygens (including phenoxy) is 1. The normalized spacial score (nSPS) is 16.9. The summed E-state index contributed by atoms with van der Waals surface area (Å²) in [5, 5.41) is -0.0481. The summed E-state index contributed by atoms with van der Waals surface area (Å²) in [6.45, 7) is 2.54. The van der Waals surface area contributed by atoms with Gasteiger partial charge in [0.2, 0.25) is 5.82 Å². The summed E-state index contributed by atoms with van der Waals surface area (Å²) < 4.78 is 19.8. The highest BCUT2D eigenvalue weighted by atomic mass is 35.5. The second-order valence-electron chi connectivity index (χ2n) is 5.64. The molecule has 3 heterocycles. The van der Waals surface area contributed by atoms with Crippen molar-refractivity contribution < 1.29 is 13.9 Å². The van der Waals surface area contributed by atoms with Gasteiger partial charge in [0.05, 0.1) is 17.8 Å². The lowest BCUT2D eigenvalue weighted by molar-refractivity contribution is 0.0769. The van der Waals surface area contributed by atoms with E-state index in [-0.39, 0.29) is 28.5 Å². The minimum atomic E-state index is -0.567. The molecule has 0 aromatic carbocycles. The van der Waals surface area contributed by atoms with Crippen LogP contribution in [0.1, 0.15) is 29.4 Å². The summed E-state index contributed by atoms with van der Waals surface area (Å²) in [6.07, 6.45) is 3.21. The molecule has 1 fully saturated rings. The standard InChI is InChI=1S/C16H16ClFN4O3/c1-2-12-13(18)15(21-8-20-12)25-10-3-4-22(7-10)16(24)9-5-11(17)14(23)19-6-9/h5-6,8,10H,2-4,7H2,1H3,(H,19,23). The van der Waals surface area contributed by atoms with Crippen LogP contribution in [-0.4, -0.2) is 45.0 Å². The van der Waals surface area contributed by atoms with Gasteiger partial charge in [-0.05, 0) is 12.5 Å². The van der Waals surface area contributed by atoms with Crippen LogP contribution in [0.3, 0.4) is 0 Å². The molecule has 2 aromatic rings. The maximum absolute atomic E-state index is 14.2. The lowest BCUT2D eigenvalue weighted by Crippen LogP contribution is -2.31. The Morgan fingerprint density at radius 3 is 3.04 bits per heavy atom. The van der Waals surface area contributed by atoms with Crippen LogP contribution in [0.15, 0.2) is 23.4 Å². The maximum Gasteiger partial charge on any atom is 0.266 e. The number of nitrogens with one attached hydrogen (secondary N) is 1. The number of pyridine rings is 1. The first-order chi connectivity index (χ1) is 12.0. The predicted molar refractivity (Wildman–Crippen MR) is 88.4 cm³/mol. The summed E-state index contributed by atoms with van der Waals surface area (Å²) in [5.74, 6) is -0.943. The lowest BCUT2D eigenvalue weighted by atomic mass is 10.2. The molecule has 2 aromatic heterocycles. The Morgan fingerprint density at radius 2 is 2.32 bits per heavy atom. The van der Waals surface area contributed by atoms with Gasteiger partial charge in [-0.2, -0.15) is 9.37 Å². The molecular formula is C16H16ClFN4O3. The van der Waals surface area contributed by atoms with Gasteiger partial charge in [0.1, 0.15) is 17.5 Å². The average Bonchev–Trinajstić information content (AvgIpc) is 3.07. The van der Waals surface area contributed by atoms with Gasteiger partial charge in [0, 0.05) is 19.2 Å². The molecule has 0 aliphatic carbocycles. The van der Waals surface area contributed by atoms with E-state index in [0.29, 0.717) is 31.6 Å². The van der Waals surface area contributed by atoms with E-state index in [1.807, 2.05) is 0 Å². The van der Waals surface area contributed by atoms with E-state index >= 15 is 0 Å². The Hall–Kier alpha value is -2.48. The van der Waals surface area contributed by atoms with Crippen LogP contribution < -0.4 is 10.3 Å². The van der Waals surface area contributed by atoms with Crippen molar-refractivity contribution in [3.63, 3.8) is 0 Å². The van der Waals surface area contributed by atoms with Crippen molar-refractivity contribution in [2.24, 2.45) is 0 Å². The molecule has 0 bridgehead atoms. The van der Waals surface area contributed by atoms with E-state index in [0.717, 1.165) is 0 Å². The first-order valence-corrected chi connectivity index (χ1v) is 8.21. The van der Waals surface area contributed by atoms with Crippen LogP contribution in [-0.2, 0) is 6.42 Å². The zero-order valence-corrected chi connectivity index (χ0v) is 14.2. The fourth-order valence-electron chi connectivity index (χ4n) is 2.65. The number of aryl methyl sites for hydroxylation is 1. The molecule has 1 atom stereocenters. The quantitative estimate of drug-likeness (QED) is 0.891. The van der Waals surface area contributed by atoms with E-state index in [1.165, 1.54) is 18.6 Å². The molecule has 1 aliphatic heterocycles. The van der Waals surface area contributed by atoms with Gasteiger partial charge in [-0.25, -0.2) is 4.98 Å². The van der Waals surface area contributed by atoms with Crippen LogP contribution in [0.2, 0.25) is 5.02 Å². The van der Waals surface area contributed by atoms with Crippen LogP contribution in [0.4, 0.5) is 4.39 Å². The number of halogens is 2. The van der Waals surface area contributed by atoms with E-state index in [4.69, 9.17) is 16.3 Å². The third kappa shape index (κ3) is 3.63. The number of nitrogens with zero attached hydrogens (tertiary/aromatic N) is 3. The van der Waals surface area contributed by atoms with E-state index in [1.54, 1.807) is 11.8 Å². The molecule has 1 aliphatic rings. The molecule has 0 spiro atoms. The number of rotatable bonds is 4. The summed E-state index contributed by atoms with van der Waals surface area (Å²) >= 11 is 5.75. The van der Waals surface area contributed by atoms with Crippen molar-refractivity contribution in [2.45, 2.75) is 25.9 Å². The monoisotopic (exact) mass is 366 g/mol. The molecule has 3 rings (SSSR count). The summed E-state index contributed by atoms with van der Waals surface area (Å²) in [5.41, 5.74) is 0.123. The number of likely N-dealkylation sites (tertiary alicyclic amines) is 1. The molecule has 1 saturated heterocycles. The van der Waals surface area contributed by atoms with Gasteiger partial charge in [-0.1, -0.05) is 18.5 Å². The Labute approximate surface area is 147 Å². The zero-order chi connectivity index (χ0) is 18.0. The Balaban J connectivity index is 1.68. The van der Waals surface area contributed by atoms with Crippen molar-refractivity contribution in [1.29, 1.82) is 0 Å². The van der Waals surface area contributed by atoms with Gasteiger partial charge < -0.3 is 14.6 Å². The van der Waals surface area contributed by atoms with Gasteiger partial charge in [0.15, 0.2) is 0 Å². The highest BCUT2D eigenvalue weighted by Gasteiger charge is 2.30. The van der Waals surface area contributed by atoms with Crippen LogP contribution in [0.5, 0.6) is 5.88 Å². The Kier molecular flexibility index (Phi) is 4.98. The molecule has 25 heavy (non-hydrogen) atoms. The molecule has 9 heteroatoms. The second-order valence-corrected chi connectivity index (χ2v) is 6.05. The van der Waals surface area contributed by atoms with Crippen molar-refractivity contribution in [3.8, 4) is 5.88 Å². The average molecular weight is 367 g/mol. The van der Waals surface area contributed by atoms with Crippen LogP contribution >= 0.6 is 11.6 Å². The van der Waals surface area contributed by atoms with Gasteiger partial charge in [0.25, 0.3) is 17.3 Å². The first kappa shape index (κ1) is 17.3. The molecule has 1 amide bonds. The first-order valence-electron chi connectivity index (χ1n) is 7.83. The van der Waals surface area contributed by atoms with Crippen molar-refractivity contribution in [2.75, 3.05) is 13.1 Å². The SMILES string of the molecule is CCc1ncnc(OC2CCN(C(=O)c3c[nH]c(=O)c(Cl)c3)C2)c1F. The number of carbonyl (C=O) groups is 1. The van der Waals surface area contributed by atoms with Gasteiger partial charge in [-0.3, -0.25) is 9.59 Å². The Morgan fingerprint density at radius 1 is 1.52 bits per heavy atom. The molecule has 7 nitrogen and oxygen atoms in total. The topological polar surface area (TPSA) is 88.2 Å². The predicted octanol–water partition coefficient (Wildman–Crippen LogP) is 1.81. The van der Waals surface area contributed by atoms with Gasteiger partial charge >= 0.3 is 0 Å². The minimum Gasteiger partial charge on any atom is -0.470 e. The molecule has 0 radical (unpaired) electrons. The highest BCUT2D eigenvalue weighted by Crippen LogP contribution is 2.22. The third-order valence-corrected chi connectivity index (χ3v) is 4.26. The lowest BCUT2D eigenvalue weighted by Gasteiger charge is -2.17. The number of aromatic amines is 1. The Bertz CT molecular complexity index is 858. The molecule has 132 valence electrons. The maximum atomic E-state index is 14.2. The third-order valence-electron chi connectivity index (χ3n) is 3.98. The summed E-state index contributed by atoms with van der Waals surface area (Å²) in [4.78, 5) is 35.4. The fraction of sp³-hybridized carbons (Fsp3) is 0.375. The van der Waals surface area contributed by atoms with Crippen molar-refractivity contribution in [1.82, 2.24) is 19.9 Å². The van der Waals surface area contributed by atoms with Crippen molar-refractivity contribution in [3.05, 3.63) is 51.0 Å². The van der Waals surface area contributed by atoms with Crippen LogP contribution in [0, 0.1) is 5.82 Å². The molecule has 0 saturated carbocycles. The van der Waals surface area contributed by atoms with E-state index in [2.05, 4.69) is 15.0 Å². The second kappa shape index (κ2) is 7.18. The van der Waals surface area contributed by atoms with Crippen molar-refractivity contribution >= 4 is 17.5 Å². The summed E-state index contributed by atoms with van der Waals surface area (Å²) in [6, 6.07) is 1.33. The van der Waals surface area contributed by atoms with E-state index < -0.39 is 11.4 Å². The zero-order valence-electron chi connectivity index (χ0n) is 13.5. The molecule has 1 unspecified atom stereocenters.